The highest BCUT2D eigenvalue weighted by atomic mass is 16.5. The summed E-state index contributed by atoms with van der Waals surface area (Å²) in [6.07, 6.45) is 0.608. The third kappa shape index (κ3) is 4.52. The van der Waals surface area contributed by atoms with Gasteiger partial charge in [-0.15, -0.1) is 0 Å². The van der Waals surface area contributed by atoms with Gasteiger partial charge in [0.15, 0.2) is 0 Å². The van der Waals surface area contributed by atoms with E-state index in [0.29, 0.717) is 48.5 Å². The minimum absolute atomic E-state index is 0.0910. The van der Waals surface area contributed by atoms with Crippen molar-refractivity contribution >= 4 is 22.6 Å². The molecule has 30 heavy (non-hydrogen) atoms. The highest BCUT2D eigenvalue weighted by Crippen LogP contribution is 2.24. The summed E-state index contributed by atoms with van der Waals surface area (Å²) in [4.78, 5) is 32.8. The minimum atomic E-state index is -0.374. The quantitative estimate of drug-likeness (QED) is 0.610. The van der Waals surface area contributed by atoms with Crippen LogP contribution in [0.25, 0.3) is 10.9 Å². The van der Waals surface area contributed by atoms with Crippen LogP contribution in [0.2, 0.25) is 0 Å². The van der Waals surface area contributed by atoms with E-state index in [0.717, 1.165) is 0 Å². The van der Waals surface area contributed by atoms with Crippen LogP contribution in [0.4, 0.5) is 10.5 Å². The monoisotopic (exact) mass is 408 g/mol. The standard InChI is InChI=1S/C23H28N4O3/c1-4-20(21-25-19-14-10-9-13-18(19)22(28)26(21)5-2)27(15-16-30-3)23(29)24-17-11-7-6-8-12-17/h6-14,20H,4-5,15-16H2,1-3H3,(H,24,29). The normalized spacial score (nSPS) is 12.0. The summed E-state index contributed by atoms with van der Waals surface area (Å²) in [5.74, 6) is 0.586. The van der Waals surface area contributed by atoms with Crippen molar-refractivity contribution in [3.63, 3.8) is 0 Å². The number of urea groups is 1. The number of para-hydroxylation sites is 2. The molecule has 0 aliphatic rings. The molecule has 0 radical (unpaired) electrons. The second kappa shape index (κ2) is 10.0. The molecule has 1 heterocycles. The molecule has 1 N–H and O–H groups in total. The highest BCUT2D eigenvalue weighted by molar-refractivity contribution is 5.89. The van der Waals surface area contributed by atoms with Crippen LogP contribution in [-0.2, 0) is 11.3 Å². The number of nitrogens with zero attached hydrogens (tertiary/aromatic N) is 3. The lowest BCUT2D eigenvalue weighted by atomic mass is 10.1. The average molecular weight is 409 g/mol. The lowest BCUT2D eigenvalue weighted by Gasteiger charge is -2.32. The molecule has 7 heteroatoms. The molecule has 0 fully saturated rings. The third-order valence-electron chi connectivity index (χ3n) is 5.09. The maximum absolute atomic E-state index is 13.2. The number of rotatable bonds is 8. The minimum Gasteiger partial charge on any atom is -0.383 e. The fraction of sp³-hybridized carbons (Fsp3) is 0.348. The lowest BCUT2D eigenvalue weighted by molar-refractivity contribution is 0.130. The molecule has 1 unspecified atom stereocenters. The summed E-state index contributed by atoms with van der Waals surface area (Å²) >= 11 is 0. The van der Waals surface area contributed by atoms with Gasteiger partial charge in [0, 0.05) is 25.9 Å². The maximum atomic E-state index is 13.2. The number of nitrogens with one attached hydrogen (secondary N) is 1. The molecule has 158 valence electrons. The van der Waals surface area contributed by atoms with Gasteiger partial charge in [-0.2, -0.15) is 0 Å². The summed E-state index contributed by atoms with van der Waals surface area (Å²) in [5.41, 5.74) is 1.25. The molecule has 2 aromatic carbocycles. The second-order valence-electron chi connectivity index (χ2n) is 6.94. The molecule has 2 amide bonds. The van der Waals surface area contributed by atoms with E-state index >= 15 is 0 Å². The second-order valence-corrected chi connectivity index (χ2v) is 6.94. The largest absolute Gasteiger partial charge is 0.383 e. The molecule has 0 spiro atoms. The average Bonchev–Trinajstić information content (AvgIpc) is 2.77. The Labute approximate surface area is 176 Å². The Hall–Kier alpha value is -3.19. The SMILES string of the molecule is CCC(c1nc2ccccc2c(=O)n1CC)N(CCOC)C(=O)Nc1ccccc1. The van der Waals surface area contributed by atoms with Crippen molar-refractivity contribution in [2.75, 3.05) is 25.6 Å². The first-order valence-electron chi connectivity index (χ1n) is 10.2. The number of carbonyl (C=O) groups excluding carboxylic acids is 1. The van der Waals surface area contributed by atoms with Crippen LogP contribution in [0, 0.1) is 0 Å². The lowest BCUT2D eigenvalue weighted by Crippen LogP contribution is -2.42. The van der Waals surface area contributed by atoms with E-state index in [1.807, 2.05) is 62.4 Å². The Morgan fingerprint density at radius 1 is 1.13 bits per heavy atom. The molecular weight excluding hydrogens is 380 g/mol. The molecule has 0 saturated heterocycles. The van der Waals surface area contributed by atoms with Gasteiger partial charge >= 0.3 is 6.03 Å². The number of hydrogen-bond donors (Lipinski definition) is 1. The van der Waals surface area contributed by atoms with Crippen LogP contribution in [0.1, 0.15) is 32.1 Å². The topological polar surface area (TPSA) is 76.5 Å². The van der Waals surface area contributed by atoms with Gasteiger partial charge < -0.3 is 15.0 Å². The van der Waals surface area contributed by atoms with Crippen LogP contribution >= 0.6 is 0 Å². The zero-order valence-electron chi connectivity index (χ0n) is 17.7. The van der Waals surface area contributed by atoms with Crippen LogP contribution in [0.5, 0.6) is 0 Å². The zero-order valence-corrected chi connectivity index (χ0v) is 17.7. The Balaban J connectivity index is 2.05. The van der Waals surface area contributed by atoms with Crippen molar-refractivity contribution < 1.29 is 9.53 Å². The number of aromatic nitrogens is 2. The summed E-state index contributed by atoms with van der Waals surface area (Å²) in [7, 11) is 1.60. The van der Waals surface area contributed by atoms with Crippen molar-refractivity contribution in [2.45, 2.75) is 32.9 Å². The number of fused-ring (bicyclic) bond motifs is 1. The summed E-state index contributed by atoms with van der Waals surface area (Å²) in [5, 5.41) is 3.52. The molecule has 0 saturated carbocycles. The Morgan fingerprint density at radius 3 is 2.50 bits per heavy atom. The van der Waals surface area contributed by atoms with Gasteiger partial charge in [-0.1, -0.05) is 37.3 Å². The van der Waals surface area contributed by atoms with Gasteiger partial charge in [-0.25, -0.2) is 9.78 Å². The van der Waals surface area contributed by atoms with Gasteiger partial charge in [0.05, 0.1) is 23.6 Å². The Kier molecular flexibility index (Phi) is 7.19. The first-order chi connectivity index (χ1) is 14.6. The van der Waals surface area contributed by atoms with Crippen LogP contribution < -0.4 is 10.9 Å². The van der Waals surface area contributed by atoms with Crippen LogP contribution in [0.3, 0.4) is 0 Å². The van der Waals surface area contributed by atoms with Crippen molar-refractivity contribution in [1.82, 2.24) is 14.5 Å². The van der Waals surface area contributed by atoms with E-state index in [4.69, 9.17) is 9.72 Å². The predicted molar refractivity (Wildman–Crippen MR) is 119 cm³/mol. The van der Waals surface area contributed by atoms with Gasteiger partial charge in [-0.05, 0) is 37.6 Å². The first kappa shape index (κ1) is 21.5. The van der Waals surface area contributed by atoms with E-state index in [1.54, 1.807) is 22.6 Å². The molecule has 3 rings (SSSR count). The van der Waals surface area contributed by atoms with E-state index in [2.05, 4.69) is 5.32 Å². The summed E-state index contributed by atoms with van der Waals surface area (Å²) in [6.45, 7) is 5.13. The van der Waals surface area contributed by atoms with Crippen molar-refractivity contribution in [3.05, 3.63) is 70.8 Å². The number of hydrogen-bond acceptors (Lipinski definition) is 4. The fourth-order valence-corrected chi connectivity index (χ4v) is 3.59. The zero-order chi connectivity index (χ0) is 21.5. The van der Waals surface area contributed by atoms with Gasteiger partial charge in [0.2, 0.25) is 0 Å². The highest BCUT2D eigenvalue weighted by Gasteiger charge is 2.28. The molecule has 3 aromatic rings. The van der Waals surface area contributed by atoms with Gasteiger partial charge in [0.1, 0.15) is 5.82 Å². The van der Waals surface area contributed by atoms with Crippen LogP contribution in [-0.4, -0.2) is 40.7 Å². The first-order valence-corrected chi connectivity index (χ1v) is 10.2. The molecule has 0 bridgehead atoms. The van der Waals surface area contributed by atoms with Crippen molar-refractivity contribution in [2.24, 2.45) is 0 Å². The van der Waals surface area contributed by atoms with E-state index < -0.39 is 0 Å². The van der Waals surface area contributed by atoms with E-state index in [1.165, 1.54) is 0 Å². The summed E-state index contributed by atoms with van der Waals surface area (Å²) < 4.78 is 6.90. The van der Waals surface area contributed by atoms with Crippen molar-refractivity contribution in [1.29, 1.82) is 0 Å². The number of carbonyl (C=O) groups is 1. The Bertz CT molecular complexity index is 1050. The van der Waals surface area contributed by atoms with Gasteiger partial charge in [0.25, 0.3) is 5.56 Å². The number of amides is 2. The maximum Gasteiger partial charge on any atom is 0.322 e. The molecule has 0 aliphatic heterocycles. The van der Waals surface area contributed by atoms with Crippen LogP contribution in [0.15, 0.2) is 59.4 Å². The number of methoxy groups -OCH3 is 1. The number of benzene rings is 2. The van der Waals surface area contributed by atoms with E-state index in [-0.39, 0.29) is 17.6 Å². The third-order valence-corrected chi connectivity index (χ3v) is 5.09. The summed E-state index contributed by atoms with van der Waals surface area (Å²) in [6, 6.07) is 16.0. The molecule has 1 atom stereocenters. The predicted octanol–water partition coefficient (Wildman–Crippen LogP) is 4.05. The smallest absolute Gasteiger partial charge is 0.322 e. The van der Waals surface area contributed by atoms with Gasteiger partial charge in [-0.3, -0.25) is 9.36 Å². The number of anilines is 1. The Morgan fingerprint density at radius 2 is 1.83 bits per heavy atom. The van der Waals surface area contributed by atoms with E-state index in [9.17, 15) is 9.59 Å². The fourth-order valence-electron chi connectivity index (χ4n) is 3.59. The van der Waals surface area contributed by atoms with Crippen molar-refractivity contribution in [3.8, 4) is 0 Å². The number of ether oxygens (including phenoxy) is 1. The molecule has 7 nitrogen and oxygen atoms in total. The molecular formula is C23H28N4O3. The molecule has 1 aromatic heterocycles. The molecule has 0 aliphatic carbocycles.